The van der Waals surface area contributed by atoms with Gasteiger partial charge in [-0.1, -0.05) is 54.3 Å². The Labute approximate surface area is 204 Å². The first-order chi connectivity index (χ1) is 14.0. The molecule has 3 rings (SSSR count). The summed E-state index contributed by atoms with van der Waals surface area (Å²) in [6, 6.07) is 17.0. The van der Waals surface area contributed by atoms with Crippen LogP contribution in [0.25, 0.3) is 0 Å². The Morgan fingerprint density at radius 1 is 1.13 bits per heavy atom. The number of anilines is 1. The van der Waals surface area contributed by atoms with Crippen molar-refractivity contribution in [1.29, 1.82) is 0 Å². The van der Waals surface area contributed by atoms with Crippen LogP contribution in [0.3, 0.4) is 0 Å². The monoisotopic (exact) mass is 501 g/mol. The summed E-state index contributed by atoms with van der Waals surface area (Å²) in [5, 5.41) is 10.5. The van der Waals surface area contributed by atoms with Crippen LogP contribution < -0.4 is 4.31 Å². The Kier molecular flexibility index (Phi) is 9.99. The van der Waals surface area contributed by atoms with Gasteiger partial charge in [0.05, 0.1) is 30.2 Å². The van der Waals surface area contributed by atoms with Crippen molar-refractivity contribution >= 4 is 15.7 Å². The molecule has 2 unspecified atom stereocenters. The fourth-order valence-corrected chi connectivity index (χ4v) is 5.38. The molecule has 0 saturated carbocycles. The molecule has 2 aromatic carbocycles. The third-order valence-electron chi connectivity index (χ3n) is 5.06. The average molecular weight is 501 g/mol. The molecule has 30 heavy (non-hydrogen) atoms. The molecular formula is C23H26NO4SY-. The van der Waals surface area contributed by atoms with E-state index in [-0.39, 0.29) is 51.1 Å². The summed E-state index contributed by atoms with van der Waals surface area (Å²) in [7, 11) is -0.0878. The Hall–Kier alpha value is -1.23. The molecular weight excluding hydrogens is 475 g/mol. The van der Waals surface area contributed by atoms with E-state index in [0.29, 0.717) is 24.9 Å². The molecule has 1 aliphatic heterocycles. The summed E-state index contributed by atoms with van der Waals surface area (Å²) in [6.07, 6.45) is 1.79. The minimum atomic E-state index is -3.35. The topological polar surface area (TPSA) is 66.8 Å². The van der Waals surface area contributed by atoms with Gasteiger partial charge in [0.2, 0.25) is 10.0 Å². The van der Waals surface area contributed by atoms with Crippen molar-refractivity contribution in [3.63, 3.8) is 0 Å². The summed E-state index contributed by atoms with van der Waals surface area (Å²) in [6.45, 7) is 0.231. The van der Waals surface area contributed by atoms with Gasteiger partial charge in [-0.25, -0.2) is 15.5 Å². The van der Waals surface area contributed by atoms with Gasteiger partial charge in [0.25, 0.3) is 0 Å². The zero-order chi connectivity index (χ0) is 20.7. The predicted octanol–water partition coefficient (Wildman–Crippen LogP) is 3.46. The fourth-order valence-electron chi connectivity index (χ4n) is 3.53. The van der Waals surface area contributed by atoms with Crippen molar-refractivity contribution in [2.75, 3.05) is 16.7 Å². The number of rotatable bonds is 7. The van der Waals surface area contributed by atoms with E-state index in [2.05, 4.69) is 23.7 Å². The standard InChI is InChI=1S/C23H26NO4S.Y/c1-28-17-6-5-9-21-16-18-29(26,27)24(21)22-13-11-20(12-14-22)23(25)15-10-19-7-3-2-4-8-19;/h2-4,7-8,11-14,21,23,25H,1,9-10,15-18H2;/q-1;. The first kappa shape index (κ1) is 25.0. The number of hydrogen-bond acceptors (Lipinski definition) is 4. The molecule has 0 aromatic heterocycles. The van der Waals surface area contributed by atoms with Crippen LogP contribution in [0.2, 0.25) is 0 Å². The van der Waals surface area contributed by atoms with Gasteiger partial charge in [0.15, 0.2) is 0 Å². The normalized spacial score (nSPS) is 18.2. The second-order valence-electron chi connectivity index (χ2n) is 7.09. The number of ether oxygens (including phenoxy) is 1. The minimum absolute atomic E-state index is 0. The molecule has 157 valence electrons. The molecule has 1 fully saturated rings. The van der Waals surface area contributed by atoms with Crippen LogP contribution >= 0.6 is 0 Å². The Balaban J connectivity index is 0.00000320. The second-order valence-corrected chi connectivity index (χ2v) is 9.06. The van der Waals surface area contributed by atoms with Crippen LogP contribution in [0.1, 0.15) is 36.5 Å². The van der Waals surface area contributed by atoms with E-state index < -0.39 is 16.1 Å². The molecule has 0 aliphatic carbocycles. The van der Waals surface area contributed by atoms with Crippen LogP contribution in [0, 0.1) is 19.0 Å². The van der Waals surface area contributed by atoms with Crippen molar-refractivity contribution in [1.82, 2.24) is 0 Å². The van der Waals surface area contributed by atoms with Crippen LogP contribution in [0.4, 0.5) is 5.69 Å². The molecule has 1 saturated heterocycles. The van der Waals surface area contributed by atoms with Crippen molar-refractivity contribution in [2.45, 2.75) is 37.8 Å². The molecule has 1 N–H and O–H groups in total. The first-order valence-electron chi connectivity index (χ1n) is 9.68. The molecule has 7 heteroatoms. The van der Waals surface area contributed by atoms with E-state index in [0.717, 1.165) is 12.0 Å². The summed E-state index contributed by atoms with van der Waals surface area (Å²) >= 11 is 0. The maximum Gasteiger partial charge on any atom is 0.235 e. The maximum absolute atomic E-state index is 12.5. The number of benzene rings is 2. The van der Waals surface area contributed by atoms with Crippen LogP contribution in [-0.4, -0.2) is 31.9 Å². The van der Waals surface area contributed by atoms with Crippen LogP contribution in [0.15, 0.2) is 54.6 Å². The van der Waals surface area contributed by atoms with Gasteiger partial charge in [-0.15, -0.1) is 0 Å². The van der Waals surface area contributed by atoms with Crippen LogP contribution in [0.5, 0.6) is 0 Å². The minimum Gasteiger partial charge on any atom is -0.546 e. The fraction of sp³-hybridized carbons (Fsp3) is 0.348. The van der Waals surface area contributed by atoms with Gasteiger partial charge in [0.1, 0.15) is 0 Å². The predicted molar refractivity (Wildman–Crippen MR) is 115 cm³/mol. The number of aliphatic hydroxyl groups excluding tert-OH is 1. The van der Waals surface area contributed by atoms with Gasteiger partial charge in [-0.2, -0.15) is 0 Å². The Morgan fingerprint density at radius 2 is 1.83 bits per heavy atom. The number of aryl methyl sites for hydroxylation is 1. The van der Waals surface area contributed by atoms with Crippen molar-refractivity contribution in [2.24, 2.45) is 0 Å². The van der Waals surface area contributed by atoms with Crippen molar-refractivity contribution in [3.8, 4) is 11.8 Å². The van der Waals surface area contributed by atoms with E-state index in [9.17, 15) is 13.5 Å². The number of hydrogen-bond donors (Lipinski definition) is 1. The summed E-state index contributed by atoms with van der Waals surface area (Å²) < 4.78 is 31.2. The first-order valence-corrected chi connectivity index (χ1v) is 11.3. The molecule has 5 nitrogen and oxygen atoms in total. The summed E-state index contributed by atoms with van der Waals surface area (Å²) in [5.74, 6) is 5.91. The van der Waals surface area contributed by atoms with Crippen LogP contribution in [-0.2, 0) is 53.9 Å². The molecule has 2 atom stereocenters. The smallest absolute Gasteiger partial charge is 0.235 e. The summed E-state index contributed by atoms with van der Waals surface area (Å²) in [4.78, 5) is 0. The zero-order valence-electron chi connectivity index (χ0n) is 16.9. The Morgan fingerprint density at radius 3 is 2.50 bits per heavy atom. The summed E-state index contributed by atoms with van der Waals surface area (Å²) in [5.41, 5.74) is 2.58. The number of sulfonamides is 1. The van der Waals surface area contributed by atoms with Gasteiger partial charge in [0, 0.05) is 39.1 Å². The molecule has 0 spiro atoms. The van der Waals surface area contributed by atoms with Gasteiger partial charge in [-0.05, 0) is 42.5 Å². The van der Waals surface area contributed by atoms with E-state index in [1.54, 1.807) is 24.3 Å². The number of nitrogens with zero attached hydrogens (tertiary/aromatic N) is 1. The second kappa shape index (κ2) is 12.0. The van der Waals surface area contributed by atoms with Gasteiger partial charge < -0.3 is 9.84 Å². The van der Waals surface area contributed by atoms with Gasteiger partial charge in [-0.3, -0.25) is 4.31 Å². The van der Waals surface area contributed by atoms with E-state index in [1.165, 1.54) is 9.87 Å². The van der Waals surface area contributed by atoms with Crippen molar-refractivity contribution < 1.29 is 51.0 Å². The quantitative estimate of drug-likeness (QED) is 0.466. The van der Waals surface area contributed by atoms with E-state index >= 15 is 0 Å². The number of aliphatic hydroxyl groups is 1. The SMILES string of the molecule is [CH2-]OCC#CCC1CCS(=O)(=O)N1c1ccc(C(O)CCc2ccccc2)cc1.[Y]. The molecule has 2 aromatic rings. The zero-order valence-corrected chi connectivity index (χ0v) is 20.6. The molecule has 1 radical (unpaired) electrons. The molecule has 1 aliphatic rings. The third kappa shape index (κ3) is 6.64. The molecule has 0 bridgehead atoms. The maximum atomic E-state index is 12.5. The van der Waals surface area contributed by atoms with E-state index in [4.69, 9.17) is 0 Å². The van der Waals surface area contributed by atoms with E-state index in [1.807, 2.05) is 30.3 Å². The molecule has 1 heterocycles. The Bertz CT molecular complexity index is 952. The largest absolute Gasteiger partial charge is 0.546 e. The van der Waals surface area contributed by atoms with Gasteiger partial charge >= 0.3 is 0 Å². The third-order valence-corrected chi connectivity index (χ3v) is 6.92. The molecule has 0 amide bonds. The van der Waals surface area contributed by atoms with Crippen molar-refractivity contribution in [3.05, 3.63) is 72.8 Å². The average Bonchev–Trinajstić information content (AvgIpc) is 3.04.